The van der Waals surface area contributed by atoms with E-state index in [-0.39, 0.29) is 0 Å². The highest BCUT2D eigenvalue weighted by Crippen LogP contribution is 2.58. The van der Waals surface area contributed by atoms with Gasteiger partial charge in [-0.2, -0.15) is 0 Å². The molecule has 0 radical (unpaired) electrons. The predicted octanol–water partition coefficient (Wildman–Crippen LogP) is 30.2. The van der Waals surface area contributed by atoms with Gasteiger partial charge in [0.05, 0.1) is 0 Å². The highest BCUT2D eigenvalue weighted by Gasteiger charge is 2.40. The Labute approximate surface area is 722 Å². The molecular formula is C117H109N5. The summed E-state index contributed by atoms with van der Waals surface area (Å²) >= 11 is 0. The van der Waals surface area contributed by atoms with Crippen molar-refractivity contribution < 1.29 is 0 Å². The van der Waals surface area contributed by atoms with Crippen LogP contribution in [-0.4, -0.2) is 31.7 Å². The molecule has 24 rings (SSSR count). The second-order valence-electron chi connectivity index (χ2n) is 37.0. The number of hydrogen-bond acceptors (Lipinski definition) is 5. The summed E-state index contributed by atoms with van der Waals surface area (Å²) in [5.74, 6) is 2.64. The Morgan fingerprint density at radius 1 is 0.246 bits per heavy atom. The first-order valence-corrected chi connectivity index (χ1v) is 45.5. The molecule has 6 aliphatic carbocycles. The molecule has 13 aromatic rings. The van der Waals surface area contributed by atoms with Crippen LogP contribution in [0.4, 0.5) is 56.9 Å². The molecule has 0 aromatic heterocycles. The van der Waals surface area contributed by atoms with Gasteiger partial charge in [-0.1, -0.05) is 282 Å². The molecule has 0 bridgehead atoms. The quantitative estimate of drug-likeness (QED) is 0.121. The Hall–Kier alpha value is -12.4. The number of fused-ring (bicyclic) bond motifs is 12. The van der Waals surface area contributed by atoms with Crippen molar-refractivity contribution in [3.05, 3.63) is 401 Å². The van der Waals surface area contributed by atoms with E-state index in [1.165, 1.54) is 226 Å². The summed E-state index contributed by atoms with van der Waals surface area (Å²) in [7, 11) is 0. The fourth-order valence-corrected chi connectivity index (χ4v) is 24.0. The lowest BCUT2D eigenvalue weighted by atomic mass is 9.81. The maximum Gasteiger partial charge on any atom is 0.0490 e. The maximum atomic E-state index is 2.61. The minimum atomic E-state index is 0.424. The van der Waals surface area contributed by atoms with Crippen LogP contribution in [0.2, 0.25) is 0 Å². The van der Waals surface area contributed by atoms with E-state index in [2.05, 4.69) is 389 Å². The largest absolute Gasteiger partial charge is 0.341 e. The van der Waals surface area contributed by atoms with Gasteiger partial charge in [-0.3, -0.25) is 0 Å². The molecule has 0 fully saturated rings. The summed E-state index contributed by atoms with van der Waals surface area (Å²) in [6.07, 6.45) is 26.3. The Morgan fingerprint density at radius 3 is 1.01 bits per heavy atom. The summed E-state index contributed by atoms with van der Waals surface area (Å²) in [4.78, 5) is 12.8. The van der Waals surface area contributed by atoms with Gasteiger partial charge in [0.1, 0.15) is 0 Å². The van der Waals surface area contributed by atoms with Gasteiger partial charge in [0.25, 0.3) is 0 Å². The molecule has 5 heteroatoms. The van der Waals surface area contributed by atoms with Crippen LogP contribution < -0.4 is 24.5 Å². The van der Waals surface area contributed by atoms with Crippen LogP contribution in [0.15, 0.2) is 306 Å². The highest BCUT2D eigenvalue weighted by atomic mass is 15.2. The Balaban J connectivity index is 0.000000109. The van der Waals surface area contributed by atoms with E-state index in [0.717, 1.165) is 64.6 Å². The van der Waals surface area contributed by atoms with Crippen molar-refractivity contribution in [3.8, 4) is 11.1 Å². The number of allylic oxidation sites excluding steroid dienone is 6. The molecule has 5 heterocycles. The normalized spacial score (nSPS) is 21.1. The standard InChI is InChI=1S/C41H37N.2C38H36N2/c1-26-23-38-33(32-15-8-13-29-11-4-6-14-31(29)32)16-9-17-34(38)36(26)25-37-27(2)24-39-35(37)18-10-20-41(39)42-28(3)21-22-30-12-5-7-19-40(30)42;1-24-20-33-29(12-8-16-37(33)39-19-18-27-10-4-6-14-35(27)39)31(24)23-32-25(2)21-34-30(32)13-9-17-38(34)40-26(3)22-28-11-5-7-15-36(28)40;1-25-22-33-29(13-7-17-37(33)39-20-9-12-27-10-3-5-15-35(27)39)31(25)24-32-26(2)23-34-30(32)14-8-18-38(34)40-21-19-28-11-4-6-16-36(28)40/h4-20,23-24,28,36-37H,21-22,25H2,1-3H3;4-17,20-21,26,31-32H,18-19,22-23H2,1-3H3;3-8,10-11,13-18,22-23,31-32H,9,12,19-21,24H2,1-2H3. The van der Waals surface area contributed by atoms with Gasteiger partial charge in [0, 0.05) is 152 Å². The van der Waals surface area contributed by atoms with Crippen LogP contribution in [0.25, 0.3) is 58.4 Å². The topological polar surface area (TPSA) is 16.2 Å². The van der Waals surface area contributed by atoms with Gasteiger partial charge in [-0.25, -0.2) is 0 Å². The van der Waals surface area contributed by atoms with Crippen molar-refractivity contribution in [1.29, 1.82) is 0 Å². The molecule has 122 heavy (non-hydrogen) atoms. The van der Waals surface area contributed by atoms with Crippen LogP contribution in [0.1, 0.15) is 218 Å². The third-order valence-corrected chi connectivity index (χ3v) is 30.0. The zero-order chi connectivity index (χ0) is 82.1. The van der Waals surface area contributed by atoms with E-state index in [9.17, 15) is 0 Å². The van der Waals surface area contributed by atoms with Crippen LogP contribution >= 0.6 is 0 Å². The average molecular weight is 1590 g/mol. The minimum Gasteiger partial charge on any atom is -0.341 e. The minimum absolute atomic E-state index is 0.424. The zero-order valence-electron chi connectivity index (χ0n) is 72.0. The van der Waals surface area contributed by atoms with E-state index in [1.54, 1.807) is 0 Å². The molecule has 602 valence electrons. The SMILES string of the molecule is CC1=Cc2c(-c3cccc4ccccc34)cccc2C1CC1C(C)=Cc2c1cccc2N1c2ccccc2CCC1C.CC1=Cc2c(cccc2N2CCCc3ccccc32)C1CC1C(C)=Cc2c1cccc2N1CCc2ccccc21.CC1=Cc2c(cccc2N2CCc3ccccc32)C1CC1C(C)=Cc2c1cccc2N1c2ccccc2CC1C. The molecule has 0 amide bonds. The van der Waals surface area contributed by atoms with Crippen molar-refractivity contribution in [2.24, 2.45) is 0 Å². The number of anilines is 10. The average Bonchev–Trinajstić information content (AvgIpc) is 1.59. The summed E-state index contributed by atoms with van der Waals surface area (Å²) < 4.78 is 0. The van der Waals surface area contributed by atoms with Gasteiger partial charge in [-0.05, 0) is 269 Å². The van der Waals surface area contributed by atoms with Gasteiger partial charge in [-0.15, -0.1) is 0 Å². The lowest BCUT2D eigenvalue weighted by Crippen LogP contribution is -2.33. The number of nitrogens with zero attached hydrogens (tertiary/aromatic N) is 5. The van der Waals surface area contributed by atoms with Crippen molar-refractivity contribution in [3.63, 3.8) is 0 Å². The highest BCUT2D eigenvalue weighted by molar-refractivity contribution is 6.00. The molecule has 0 saturated carbocycles. The molecule has 5 aliphatic heterocycles. The van der Waals surface area contributed by atoms with Crippen molar-refractivity contribution >= 4 is 104 Å². The van der Waals surface area contributed by atoms with E-state index in [4.69, 9.17) is 0 Å². The lowest BCUT2D eigenvalue weighted by Gasteiger charge is -2.38. The van der Waals surface area contributed by atoms with E-state index >= 15 is 0 Å². The predicted molar refractivity (Wildman–Crippen MR) is 518 cm³/mol. The van der Waals surface area contributed by atoms with E-state index < -0.39 is 0 Å². The summed E-state index contributed by atoms with van der Waals surface area (Å²) in [6, 6.07) is 103. The zero-order valence-corrected chi connectivity index (χ0v) is 72.0. The number of benzene rings is 13. The number of para-hydroxylation sites is 5. The third kappa shape index (κ3) is 12.8. The molecule has 8 atom stereocenters. The van der Waals surface area contributed by atoms with Crippen LogP contribution in [-0.2, 0) is 32.1 Å². The van der Waals surface area contributed by atoms with Gasteiger partial charge in [0.15, 0.2) is 0 Å². The van der Waals surface area contributed by atoms with Gasteiger partial charge in [0.2, 0.25) is 0 Å². The molecule has 8 unspecified atom stereocenters. The molecule has 11 aliphatic rings. The smallest absolute Gasteiger partial charge is 0.0490 e. The van der Waals surface area contributed by atoms with Crippen LogP contribution in [0.5, 0.6) is 0 Å². The molecule has 5 nitrogen and oxygen atoms in total. The Bertz CT molecular complexity index is 6600. The summed E-state index contributed by atoms with van der Waals surface area (Å²) in [5, 5.41) is 2.63. The van der Waals surface area contributed by atoms with Crippen molar-refractivity contribution in [1.82, 2.24) is 0 Å². The Kier molecular flexibility index (Phi) is 19.2. The lowest BCUT2D eigenvalue weighted by molar-refractivity contribution is 0.616. The monoisotopic (exact) mass is 1580 g/mol. The van der Waals surface area contributed by atoms with E-state index in [0.29, 0.717) is 47.6 Å². The molecular weight excluding hydrogens is 1480 g/mol. The summed E-state index contributed by atoms with van der Waals surface area (Å²) in [6.45, 7) is 22.1. The fraction of sp³-hybridized carbons (Fsp3) is 0.248. The van der Waals surface area contributed by atoms with E-state index in [1.807, 2.05) is 0 Å². The second-order valence-corrected chi connectivity index (χ2v) is 37.0. The first-order chi connectivity index (χ1) is 59.8. The third-order valence-electron chi connectivity index (χ3n) is 30.0. The van der Waals surface area contributed by atoms with Crippen LogP contribution in [0, 0.1) is 0 Å². The van der Waals surface area contributed by atoms with Gasteiger partial charge >= 0.3 is 0 Å². The second kappa shape index (κ2) is 30.9. The van der Waals surface area contributed by atoms with Gasteiger partial charge < -0.3 is 24.5 Å². The summed E-state index contributed by atoms with van der Waals surface area (Å²) in [5.41, 5.74) is 50.2. The molecule has 0 N–H and O–H groups in total. The first-order valence-electron chi connectivity index (χ1n) is 45.5. The maximum absolute atomic E-state index is 2.61. The Morgan fingerprint density at radius 2 is 0.549 bits per heavy atom. The number of hydrogen-bond donors (Lipinski definition) is 0. The van der Waals surface area contributed by atoms with Crippen molar-refractivity contribution in [2.45, 2.75) is 167 Å². The number of aryl methyl sites for hydroxylation is 2. The number of rotatable bonds is 12. The molecule has 0 saturated heterocycles. The van der Waals surface area contributed by atoms with Crippen LogP contribution in [0.3, 0.4) is 0 Å². The molecule has 13 aromatic carbocycles. The fourth-order valence-electron chi connectivity index (χ4n) is 24.0. The molecule has 0 spiro atoms. The van der Waals surface area contributed by atoms with Crippen molar-refractivity contribution in [2.75, 3.05) is 44.1 Å². The first kappa shape index (κ1) is 75.7.